The molecule has 1 aliphatic rings. The van der Waals surface area contributed by atoms with Crippen LogP contribution < -0.4 is 10.6 Å². The number of anilines is 1. The van der Waals surface area contributed by atoms with Crippen LogP contribution in [0.25, 0.3) is 0 Å². The van der Waals surface area contributed by atoms with Crippen LogP contribution in [0.2, 0.25) is 0 Å². The summed E-state index contributed by atoms with van der Waals surface area (Å²) in [5.74, 6) is 1.06. The smallest absolute Gasteiger partial charge is 0.206 e. The highest BCUT2D eigenvalue weighted by atomic mass is 16.5. The Hall–Kier alpha value is -1.07. The van der Waals surface area contributed by atoms with Crippen molar-refractivity contribution < 1.29 is 4.74 Å². The largest absolute Gasteiger partial charge is 0.383 e. The molecule has 0 aliphatic carbocycles. The Kier molecular flexibility index (Phi) is 4.24. The van der Waals surface area contributed by atoms with Crippen LogP contribution in [0.1, 0.15) is 25.5 Å². The van der Waals surface area contributed by atoms with Gasteiger partial charge >= 0.3 is 0 Å². The Morgan fingerprint density at radius 2 is 2.33 bits per heavy atom. The standard InChI is InChI=1S/C13H24N4O/c1-10-9-16(6-7-18-3)13(15-10)17-5-4-12(14)8-11(17)2/h9,11-12H,4-8,14H2,1-3H3. The summed E-state index contributed by atoms with van der Waals surface area (Å²) in [6.07, 6.45) is 4.17. The summed E-state index contributed by atoms with van der Waals surface area (Å²) < 4.78 is 7.34. The Bertz CT molecular complexity index is 390. The average molecular weight is 252 g/mol. The number of nitrogens with zero attached hydrogens (tertiary/aromatic N) is 3. The quantitative estimate of drug-likeness (QED) is 0.873. The van der Waals surface area contributed by atoms with Gasteiger partial charge in [0.15, 0.2) is 0 Å². The maximum atomic E-state index is 6.02. The zero-order chi connectivity index (χ0) is 13.1. The van der Waals surface area contributed by atoms with Gasteiger partial charge in [0.25, 0.3) is 0 Å². The number of aryl methyl sites for hydroxylation is 1. The monoisotopic (exact) mass is 252 g/mol. The molecule has 1 fully saturated rings. The molecule has 2 atom stereocenters. The number of imidazole rings is 1. The van der Waals surface area contributed by atoms with E-state index in [0.717, 1.165) is 37.6 Å². The van der Waals surface area contributed by atoms with Gasteiger partial charge in [0.2, 0.25) is 5.95 Å². The van der Waals surface area contributed by atoms with Crippen LogP contribution >= 0.6 is 0 Å². The number of aromatic nitrogens is 2. The molecule has 2 rings (SSSR count). The molecular weight excluding hydrogens is 228 g/mol. The third-order valence-electron chi connectivity index (χ3n) is 3.59. The average Bonchev–Trinajstić information content (AvgIpc) is 2.67. The normalized spacial score (nSPS) is 24.6. The van der Waals surface area contributed by atoms with Crippen LogP contribution in [0.3, 0.4) is 0 Å². The first-order chi connectivity index (χ1) is 8.61. The van der Waals surface area contributed by atoms with Gasteiger partial charge in [-0.05, 0) is 26.7 Å². The number of hydrogen-bond acceptors (Lipinski definition) is 4. The fourth-order valence-corrected chi connectivity index (χ4v) is 2.62. The molecule has 0 amide bonds. The minimum atomic E-state index is 0.333. The molecule has 1 aromatic rings. The van der Waals surface area contributed by atoms with E-state index in [1.807, 2.05) is 6.92 Å². The lowest BCUT2D eigenvalue weighted by molar-refractivity contribution is 0.187. The Morgan fingerprint density at radius 1 is 1.56 bits per heavy atom. The minimum absolute atomic E-state index is 0.333. The molecule has 1 aliphatic heterocycles. The summed E-state index contributed by atoms with van der Waals surface area (Å²) >= 11 is 0. The van der Waals surface area contributed by atoms with Gasteiger partial charge < -0.3 is 19.9 Å². The molecule has 1 saturated heterocycles. The van der Waals surface area contributed by atoms with Gasteiger partial charge in [-0.15, -0.1) is 0 Å². The lowest BCUT2D eigenvalue weighted by atomic mass is 10.00. The molecule has 1 aromatic heterocycles. The van der Waals surface area contributed by atoms with Crippen molar-refractivity contribution in [3.8, 4) is 0 Å². The number of methoxy groups -OCH3 is 1. The number of piperidine rings is 1. The second-order valence-corrected chi connectivity index (χ2v) is 5.20. The van der Waals surface area contributed by atoms with Crippen LogP contribution in [-0.4, -0.2) is 41.9 Å². The van der Waals surface area contributed by atoms with Crippen LogP contribution in [0.4, 0.5) is 5.95 Å². The summed E-state index contributed by atoms with van der Waals surface area (Å²) in [4.78, 5) is 7.02. The number of nitrogens with two attached hydrogens (primary N) is 1. The molecule has 2 N–H and O–H groups in total. The zero-order valence-electron chi connectivity index (χ0n) is 11.6. The van der Waals surface area contributed by atoms with Crippen molar-refractivity contribution >= 4 is 5.95 Å². The van der Waals surface area contributed by atoms with Crippen molar-refractivity contribution in [1.29, 1.82) is 0 Å². The van der Waals surface area contributed by atoms with Crippen molar-refractivity contribution in [2.45, 2.75) is 45.3 Å². The molecule has 0 aromatic carbocycles. The van der Waals surface area contributed by atoms with Crippen LogP contribution in [0, 0.1) is 6.92 Å². The fourth-order valence-electron chi connectivity index (χ4n) is 2.62. The third-order valence-corrected chi connectivity index (χ3v) is 3.59. The molecule has 102 valence electrons. The van der Waals surface area contributed by atoms with Crippen molar-refractivity contribution in [2.75, 3.05) is 25.2 Å². The van der Waals surface area contributed by atoms with Gasteiger partial charge in [0, 0.05) is 38.5 Å². The Balaban J connectivity index is 2.16. The molecule has 18 heavy (non-hydrogen) atoms. The van der Waals surface area contributed by atoms with E-state index in [-0.39, 0.29) is 0 Å². The first-order valence-electron chi connectivity index (χ1n) is 6.66. The Morgan fingerprint density at radius 3 is 3.00 bits per heavy atom. The van der Waals surface area contributed by atoms with Gasteiger partial charge in [-0.2, -0.15) is 0 Å². The van der Waals surface area contributed by atoms with E-state index in [1.165, 1.54) is 0 Å². The first kappa shape index (κ1) is 13.4. The lowest BCUT2D eigenvalue weighted by Gasteiger charge is -2.37. The summed E-state index contributed by atoms with van der Waals surface area (Å²) in [6.45, 7) is 6.81. The van der Waals surface area contributed by atoms with Crippen LogP contribution in [-0.2, 0) is 11.3 Å². The van der Waals surface area contributed by atoms with Crippen LogP contribution in [0.5, 0.6) is 0 Å². The third kappa shape index (κ3) is 2.84. The zero-order valence-corrected chi connectivity index (χ0v) is 11.6. The van der Waals surface area contributed by atoms with E-state index in [4.69, 9.17) is 10.5 Å². The molecule has 5 heteroatoms. The van der Waals surface area contributed by atoms with Crippen molar-refractivity contribution in [2.24, 2.45) is 5.73 Å². The number of rotatable bonds is 4. The summed E-state index contributed by atoms with van der Waals surface area (Å²) in [7, 11) is 1.73. The minimum Gasteiger partial charge on any atom is -0.383 e. The maximum absolute atomic E-state index is 6.02. The van der Waals surface area contributed by atoms with Crippen molar-refractivity contribution in [1.82, 2.24) is 9.55 Å². The predicted octanol–water partition coefficient (Wildman–Crippen LogP) is 1.15. The van der Waals surface area contributed by atoms with E-state index < -0.39 is 0 Å². The molecule has 5 nitrogen and oxygen atoms in total. The Labute approximate surface area is 109 Å². The topological polar surface area (TPSA) is 56.3 Å². The van der Waals surface area contributed by atoms with E-state index in [1.54, 1.807) is 7.11 Å². The molecule has 0 spiro atoms. The van der Waals surface area contributed by atoms with Gasteiger partial charge in [-0.1, -0.05) is 0 Å². The highest BCUT2D eigenvalue weighted by molar-refractivity contribution is 5.36. The summed E-state index contributed by atoms with van der Waals surface area (Å²) in [6, 6.07) is 0.788. The molecule has 2 heterocycles. The van der Waals surface area contributed by atoms with Crippen molar-refractivity contribution in [3.05, 3.63) is 11.9 Å². The highest BCUT2D eigenvalue weighted by Gasteiger charge is 2.26. The molecule has 0 saturated carbocycles. The van der Waals surface area contributed by atoms with E-state index in [2.05, 4.69) is 27.6 Å². The molecule has 0 radical (unpaired) electrons. The van der Waals surface area contributed by atoms with Crippen molar-refractivity contribution in [3.63, 3.8) is 0 Å². The number of ether oxygens (including phenoxy) is 1. The van der Waals surface area contributed by atoms with Gasteiger partial charge in [0.1, 0.15) is 0 Å². The van der Waals surface area contributed by atoms with Gasteiger partial charge in [0.05, 0.1) is 12.3 Å². The first-order valence-corrected chi connectivity index (χ1v) is 6.66. The van der Waals surface area contributed by atoms with E-state index >= 15 is 0 Å². The molecular formula is C13H24N4O. The van der Waals surface area contributed by atoms with E-state index in [0.29, 0.717) is 18.7 Å². The fraction of sp³-hybridized carbons (Fsp3) is 0.769. The van der Waals surface area contributed by atoms with Gasteiger partial charge in [-0.25, -0.2) is 4.98 Å². The molecule has 0 bridgehead atoms. The molecule has 2 unspecified atom stereocenters. The summed E-state index contributed by atoms with van der Waals surface area (Å²) in [5.41, 5.74) is 7.07. The highest BCUT2D eigenvalue weighted by Crippen LogP contribution is 2.23. The van der Waals surface area contributed by atoms with E-state index in [9.17, 15) is 0 Å². The number of hydrogen-bond donors (Lipinski definition) is 1. The van der Waals surface area contributed by atoms with Crippen LogP contribution in [0.15, 0.2) is 6.20 Å². The second-order valence-electron chi connectivity index (χ2n) is 5.20. The SMILES string of the molecule is COCCn1cc(C)nc1N1CCC(N)CC1C. The van der Waals surface area contributed by atoms with Gasteiger partial charge in [-0.3, -0.25) is 0 Å². The second kappa shape index (κ2) is 5.71. The predicted molar refractivity (Wildman–Crippen MR) is 72.9 cm³/mol. The summed E-state index contributed by atoms with van der Waals surface area (Å²) in [5, 5.41) is 0. The lowest BCUT2D eigenvalue weighted by Crippen LogP contribution is -2.46. The maximum Gasteiger partial charge on any atom is 0.206 e.